The zero-order chi connectivity index (χ0) is 23.7. The number of hydrogen-bond acceptors (Lipinski definition) is 6. The molecule has 0 aliphatic rings. The molecule has 0 N–H and O–H groups in total. The highest BCUT2D eigenvalue weighted by atomic mass is 35.5. The van der Waals surface area contributed by atoms with Crippen LogP contribution < -0.4 is 0 Å². The first-order valence-electron chi connectivity index (χ1n) is 10.2. The quantitative estimate of drug-likeness (QED) is 0.143. The SMILES string of the molecule is CCSc1sc(-n2nc(C)c(Cc3ccccc3[N+](=O)[O-])c2C)nc1-c1ccc(Cl)c(Cl)c1. The molecule has 0 aliphatic carbocycles. The third-order valence-corrected chi connectivity index (χ3v) is 8.14. The smallest absolute Gasteiger partial charge is 0.258 e. The Morgan fingerprint density at radius 1 is 1.15 bits per heavy atom. The lowest BCUT2D eigenvalue weighted by molar-refractivity contribution is -0.385. The summed E-state index contributed by atoms with van der Waals surface area (Å²) >= 11 is 15.6. The van der Waals surface area contributed by atoms with Crippen molar-refractivity contribution >= 4 is 52.0 Å². The minimum atomic E-state index is -0.344. The molecule has 0 bridgehead atoms. The number of thiazole rings is 1. The van der Waals surface area contributed by atoms with Crippen LogP contribution in [0.25, 0.3) is 16.4 Å². The van der Waals surface area contributed by atoms with Gasteiger partial charge in [0, 0.05) is 34.9 Å². The van der Waals surface area contributed by atoms with E-state index >= 15 is 0 Å². The maximum atomic E-state index is 11.4. The molecule has 0 unspecified atom stereocenters. The van der Waals surface area contributed by atoms with Crippen LogP contribution in [-0.4, -0.2) is 25.4 Å². The van der Waals surface area contributed by atoms with Crippen molar-refractivity contribution in [3.63, 3.8) is 0 Å². The molecule has 0 aliphatic heterocycles. The van der Waals surface area contributed by atoms with E-state index < -0.39 is 0 Å². The van der Waals surface area contributed by atoms with E-state index in [1.807, 2.05) is 36.7 Å². The Labute approximate surface area is 209 Å². The van der Waals surface area contributed by atoms with Gasteiger partial charge in [0.25, 0.3) is 5.69 Å². The van der Waals surface area contributed by atoms with Crippen LogP contribution in [-0.2, 0) is 6.42 Å². The van der Waals surface area contributed by atoms with Crippen LogP contribution in [0.1, 0.15) is 29.4 Å². The molecule has 0 amide bonds. The summed E-state index contributed by atoms with van der Waals surface area (Å²) in [5.41, 5.74) is 5.20. The van der Waals surface area contributed by atoms with E-state index in [-0.39, 0.29) is 10.6 Å². The summed E-state index contributed by atoms with van der Waals surface area (Å²) in [5.74, 6) is 0.899. The Kier molecular flexibility index (Phi) is 7.09. The first kappa shape index (κ1) is 23.8. The molecule has 33 heavy (non-hydrogen) atoms. The van der Waals surface area contributed by atoms with Crippen LogP contribution in [0, 0.1) is 24.0 Å². The second kappa shape index (κ2) is 9.85. The van der Waals surface area contributed by atoms with Gasteiger partial charge in [0.05, 0.1) is 30.6 Å². The number of nitro groups is 1. The summed E-state index contributed by atoms with van der Waals surface area (Å²) in [7, 11) is 0. The molecule has 0 radical (unpaired) electrons. The Balaban J connectivity index is 1.76. The third-order valence-electron chi connectivity index (χ3n) is 5.23. The molecular formula is C23H20Cl2N4O2S2. The van der Waals surface area contributed by atoms with Gasteiger partial charge < -0.3 is 0 Å². The fourth-order valence-corrected chi connectivity index (χ4v) is 6.09. The average Bonchev–Trinajstić information content (AvgIpc) is 3.32. The summed E-state index contributed by atoms with van der Waals surface area (Å²) in [5, 5.41) is 17.9. The van der Waals surface area contributed by atoms with Crippen molar-refractivity contribution in [1.82, 2.24) is 14.8 Å². The van der Waals surface area contributed by atoms with Gasteiger partial charge in [-0.15, -0.1) is 11.8 Å². The van der Waals surface area contributed by atoms with Gasteiger partial charge in [0.2, 0.25) is 5.13 Å². The molecule has 2 heterocycles. The van der Waals surface area contributed by atoms with Crippen molar-refractivity contribution in [2.45, 2.75) is 31.4 Å². The highest BCUT2D eigenvalue weighted by molar-refractivity contribution is 8.01. The molecule has 2 aromatic heterocycles. The molecular weight excluding hydrogens is 499 g/mol. The molecule has 2 aromatic carbocycles. The normalized spacial score (nSPS) is 11.2. The molecule has 0 atom stereocenters. The highest BCUT2D eigenvalue weighted by Gasteiger charge is 2.22. The monoisotopic (exact) mass is 518 g/mol. The van der Waals surface area contributed by atoms with Crippen LogP contribution in [0.4, 0.5) is 5.69 Å². The number of rotatable bonds is 7. The van der Waals surface area contributed by atoms with Crippen LogP contribution >= 0.6 is 46.3 Å². The second-order valence-electron chi connectivity index (χ2n) is 7.32. The number of aryl methyl sites for hydroxylation is 1. The number of hydrogen-bond donors (Lipinski definition) is 0. The predicted octanol–water partition coefficient (Wildman–Crippen LogP) is 7.53. The van der Waals surface area contributed by atoms with Crippen LogP contribution in [0.2, 0.25) is 10.0 Å². The molecule has 10 heteroatoms. The molecule has 0 saturated heterocycles. The zero-order valence-electron chi connectivity index (χ0n) is 18.1. The molecule has 6 nitrogen and oxygen atoms in total. The summed E-state index contributed by atoms with van der Waals surface area (Å²) in [4.78, 5) is 16.0. The average molecular weight is 519 g/mol. The van der Waals surface area contributed by atoms with E-state index in [1.165, 1.54) is 6.07 Å². The van der Waals surface area contributed by atoms with E-state index in [4.69, 9.17) is 33.3 Å². The molecule has 0 saturated carbocycles. The van der Waals surface area contributed by atoms with E-state index in [0.29, 0.717) is 22.0 Å². The van der Waals surface area contributed by atoms with Crippen molar-refractivity contribution in [2.24, 2.45) is 0 Å². The second-order valence-corrected chi connectivity index (χ2v) is 10.6. The standard InChI is InChI=1S/C23H20Cl2N4O2S2/c1-4-32-22-21(16-9-10-18(24)19(25)12-16)26-23(33-22)28-14(3)17(13(2)27-28)11-15-7-5-6-8-20(15)29(30)31/h5-10,12H,4,11H2,1-3H3. The topological polar surface area (TPSA) is 73.8 Å². The first-order valence-corrected chi connectivity index (χ1v) is 12.7. The molecule has 0 fully saturated rings. The number of halogens is 2. The van der Waals surface area contributed by atoms with E-state index in [9.17, 15) is 10.1 Å². The summed E-state index contributed by atoms with van der Waals surface area (Å²) in [6.45, 7) is 5.98. The van der Waals surface area contributed by atoms with Gasteiger partial charge in [-0.1, -0.05) is 65.7 Å². The molecule has 170 valence electrons. The Morgan fingerprint density at radius 2 is 1.91 bits per heavy atom. The summed E-state index contributed by atoms with van der Waals surface area (Å²) in [6, 6.07) is 12.3. The van der Waals surface area contributed by atoms with Crippen molar-refractivity contribution < 1.29 is 4.92 Å². The van der Waals surface area contributed by atoms with Crippen molar-refractivity contribution in [3.8, 4) is 16.4 Å². The van der Waals surface area contributed by atoms with E-state index in [2.05, 4.69) is 6.92 Å². The maximum absolute atomic E-state index is 11.4. The number of nitro benzene ring substituents is 1. The minimum absolute atomic E-state index is 0.113. The number of thioether (sulfide) groups is 1. The molecule has 0 spiro atoms. The van der Waals surface area contributed by atoms with Crippen LogP contribution in [0.15, 0.2) is 46.7 Å². The zero-order valence-corrected chi connectivity index (χ0v) is 21.3. The van der Waals surface area contributed by atoms with E-state index in [1.54, 1.807) is 41.3 Å². The van der Waals surface area contributed by atoms with Gasteiger partial charge in [0.15, 0.2) is 0 Å². The first-order chi connectivity index (χ1) is 15.8. The molecule has 4 rings (SSSR count). The maximum Gasteiger partial charge on any atom is 0.272 e. The van der Waals surface area contributed by atoms with Crippen LogP contribution in [0.5, 0.6) is 0 Å². The van der Waals surface area contributed by atoms with Gasteiger partial charge in [-0.2, -0.15) is 5.10 Å². The predicted molar refractivity (Wildman–Crippen MR) is 136 cm³/mol. The number of aromatic nitrogens is 3. The number of para-hydroxylation sites is 1. The summed E-state index contributed by atoms with van der Waals surface area (Å²) < 4.78 is 2.89. The third kappa shape index (κ3) is 4.80. The highest BCUT2D eigenvalue weighted by Crippen LogP contribution is 2.40. The fraction of sp³-hybridized carbons (Fsp3) is 0.217. The lowest BCUT2D eigenvalue weighted by atomic mass is 10.0. The van der Waals surface area contributed by atoms with Gasteiger partial charge in [0.1, 0.15) is 0 Å². The minimum Gasteiger partial charge on any atom is -0.258 e. The Hall–Kier alpha value is -2.39. The van der Waals surface area contributed by atoms with Crippen molar-refractivity contribution in [2.75, 3.05) is 5.75 Å². The van der Waals surface area contributed by atoms with Gasteiger partial charge in [-0.05, 0) is 31.7 Å². The van der Waals surface area contributed by atoms with Crippen molar-refractivity contribution in [3.05, 3.63) is 85.1 Å². The Morgan fingerprint density at radius 3 is 2.61 bits per heavy atom. The number of benzene rings is 2. The van der Waals surface area contributed by atoms with E-state index in [0.717, 1.165) is 43.3 Å². The van der Waals surface area contributed by atoms with Crippen LogP contribution in [0.3, 0.4) is 0 Å². The Bertz CT molecular complexity index is 1350. The fourth-order valence-electron chi connectivity index (χ4n) is 3.59. The van der Waals surface area contributed by atoms with Gasteiger partial charge in [-0.3, -0.25) is 10.1 Å². The van der Waals surface area contributed by atoms with Crippen molar-refractivity contribution in [1.29, 1.82) is 0 Å². The largest absolute Gasteiger partial charge is 0.272 e. The lowest BCUT2D eigenvalue weighted by Crippen LogP contribution is -2.00. The lowest BCUT2D eigenvalue weighted by Gasteiger charge is -2.04. The van der Waals surface area contributed by atoms with Gasteiger partial charge >= 0.3 is 0 Å². The summed E-state index contributed by atoms with van der Waals surface area (Å²) in [6.07, 6.45) is 0.427. The van der Waals surface area contributed by atoms with Gasteiger partial charge in [-0.25, -0.2) is 9.67 Å². The molecule has 4 aromatic rings. The number of nitrogens with zero attached hydrogens (tertiary/aromatic N) is 4.